The highest BCUT2D eigenvalue weighted by atomic mass is 35.5. The van der Waals surface area contributed by atoms with Crippen LogP contribution < -0.4 is 5.32 Å². The number of nitrogens with one attached hydrogen (secondary N) is 1. The van der Waals surface area contributed by atoms with Crippen molar-refractivity contribution in [3.63, 3.8) is 0 Å². The Balaban J connectivity index is 2.84. The van der Waals surface area contributed by atoms with Gasteiger partial charge in [-0.3, -0.25) is 0 Å². The quantitative estimate of drug-likeness (QED) is 0.898. The molecule has 1 rings (SSSR count). The molecule has 8 heteroatoms. The number of anilines is 1. The second-order valence-corrected chi connectivity index (χ2v) is 7.64. The molecule has 3 nitrogen and oxygen atoms in total. The number of halogens is 4. The average molecular weight is 330 g/mol. The van der Waals surface area contributed by atoms with Crippen molar-refractivity contribution in [3.05, 3.63) is 28.8 Å². The molecule has 0 spiro atoms. The van der Waals surface area contributed by atoms with Crippen LogP contribution in [0.4, 0.5) is 18.9 Å². The van der Waals surface area contributed by atoms with Crippen molar-refractivity contribution in [2.75, 3.05) is 17.6 Å². The molecule has 0 aliphatic heterocycles. The Morgan fingerprint density at radius 1 is 1.30 bits per heavy atom. The number of sulfone groups is 1. The van der Waals surface area contributed by atoms with Crippen LogP contribution in [0.3, 0.4) is 0 Å². The molecule has 0 atom stereocenters. The van der Waals surface area contributed by atoms with E-state index in [1.54, 1.807) is 0 Å². The van der Waals surface area contributed by atoms with Gasteiger partial charge in [-0.1, -0.05) is 11.6 Å². The molecule has 0 aromatic heterocycles. The summed E-state index contributed by atoms with van der Waals surface area (Å²) in [6.45, 7) is 2.96. The minimum atomic E-state index is -4.55. The van der Waals surface area contributed by atoms with Crippen LogP contribution in [0.25, 0.3) is 0 Å². The van der Waals surface area contributed by atoms with Gasteiger partial charge in [-0.2, -0.15) is 13.2 Å². The van der Waals surface area contributed by atoms with Crippen LogP contribution in [0.5, 0.6) is 0 Å². The van der Waals surface area contributed by atoms with Gasteiger partial charge in [-0.15, -0.1) is 0 Å². The van der Waals surface area contributed by atoms with Gasteiger partial charge in [0.2, 0.25) is 0 Å². The van der Waals surface area contributed by atoms with Crippen LogP contribution in [0.15, 0.2) is 18.2 Å². The number of benzene rings is 1. The van der Waals surface area contributed by atoms with Crippen molar-refractivity contribution in [2.45, 2.75) is 25.3 Å². The van der Waals surface area contributed by atoms with Crippen LogP contribution in [0.2, 0.25) is 5.02 Å². The first-order valence-electron chi connectivity index (χ1n) is 5.86. The zero-order chi connectivity index (χ0) is 15.6. The van der Waals surface area contributed by atoms with E-state index in [4.69, 9.17) is 11.6 Å². The van der Waals surface area contributed by atoms with E-state index in [9.17, 15) is 21.6 Å². The van der Waals surface area contributed by atoms with E-state index in [-0.39, 0.29) is 23.0 Å². The lowest BCUT2D eigenvalue weighted by molar-refractivity contribution is -0.136. The fourth-order valence-electron chi connectivity index (χ4n) is 1.47. The number of alkyl halides is 3. The lowest BCUT2D eigenvalue weighted by atomic mass is 10.1. The van der Waals surface area contributed by atoms with Gasteiger partial charge < -0.3 is 5.32 Å². The molecule has 0 heterocycles. The molecule has 0 aliphatic carbocycles. The summed E-state index contributed by atoms with van der Waals surface area (Å²) in [7, 11) is -3.29. The van der Waals surface area contributed by atoms with Crippen molar-refractivity contribution in [2.24, 2.45) is 0 Å². The molecule has 1 aromatic carbocycles. The Morgan fingerprint density at radius 2 is 1.90 bits per heavy atom. The van der Waals surface area contributed by atoms with Crippen LogP contribution >= 0.6 is 11.6 Å². The van der Waals surface area contributed by atoms with Gasteiger partial charge in [0.15, 0.2) is 9.84 Å². The number of hydrogen-bond acceptors (Lipinski definition) is 3. The third-order valence-electron chi connectivity index (χ3n) is 2.71. The zero-order valence-corrected chi connectivity index (χ0v) is 12.5. The maximum absolute atomic E-state index is 12.8. The molecular weight excluding hydrogens is 315 g/mol. The summed E-state index contributed by atoms with van der Waals surface area (Å²) in [5.74, 6) is -0.232. The molecular formula is C12H15ClF3NO2S. The molecule has 0 radical (unpaired) electrons. The van der Waals surface area contributed by atoms with Gasteiger partial charge in [-0.25, -0.2) is 8.42 Å². The summed E-state index contributed by atoms with van der Waals surface area (Å²) < 4.78 is 61.5. The Bertz CT molecular complexity index is 571. The predicted octanol–water partition coefficient (Wildman–Crippen LogP) is 3.59. The van der Waals surface area contributed by atoms with Gasteiger partial charge in [0.25, 0.3) is 0 Å². The third-order valence-corrected chi connectivity index (χ3v) is 5.15. The van der Waals surface area contributed by atoms with Crippen LogP contribution in [-0.2, 0) is 16.0 Å². The Kier molecular flexibility index (Phi) is 5.32. The molecule has 0 unspecified atom stereocenters. The lowest BCUT2D eigenvalue weighted by Crippen LogP contribution is -2.23. The van der Waals surface area contributed by atoms with E-state index in [0.29, 0.717) is 0 Å². The molecule has 0 saturated heterocycles. The summed E-state index contributed by atoms with van der Waals surface area (Å²) in [4.78, 5) is 0. The van der Waals surface area contributed by atoms with Gasteiger partial charge in [-0.05, 0) is 32.0 Å². The van der Waals surface area contributed by atoms with Crippen molar-refractivity contribution < 1.29 is 21.6 Å². The molecule has 20 heavy (non-hydrogen) atoms. The van der Waals surface area contributed by atoms with E-state index in [0.717, 1.165) is 6.07 Å². The first kappa shape index (κ1) is 17.1. The van der Waals surface area contributed by atoms with E-state index < -0.39 is 26.8 Å². The summed E-state index contributed by atoms with van der Waals surface area (Å²) in [5, 5.41) is 1.91. The summed E-state index contributed by atoms with van der Waals surface area (Å²) in [6.07, 6.45) is -4.55. The predicted molar refractivity (Wildman–Crippen MR) is 73.9 cm³/mol. The Hall–Kier alpha value is -0.950. The van der Waals surface area contributed by atoms with Gasteiger partial charge >= 0.3 is 6.18 Å². The molecule has 0 amide bonds. The van der Waals surface area contributed by atoms with Crippen LogP contribution in [0, 0.1) is 0 Å². The normalized spacial score (nSPS) is 12.8. The summed E-state index contributed by atoms with van der Waals surface area (Å²) in [5.41, 5.74) is -1.09. The van der Waals surface area contributed by atoms with Gasteiger partial charge in [0.05, 0.1) is 16.6 Å². The highest BCUT2D eigenvalue weighted by molar-refractivity contribution is 7.92. The molecule has 1 aromatic rings. The maximum Gasteiger partial charge on any atom is 0.418 e. The average Bonchev–Trinajstić information content (AvgIpc) is 2.29. The fourth-order valence-corrected chi connectivity index (χ4v) is 2.50. The standard InChI is InChI=1S/C12H15ClF3NO2S/c1-8(2)20(18,19)6-5-17-11-4-3-9(13)7-10(11)12(14,15)16/h3-4,7-8,17H,5-6H2,1-2H3. The van der Waals surface area contributed by atoms with E-state index in [1.807, 2.05) is 0 Å². The summed E-state index contributed by atoms with van der Waals surface area (Å²) in [6, 6.07) is 3.31. The summed E-state index contributed by atoms with van der Waals surface area (Å²) >= 11 is 5.55. The fraction of sp³-hybridized carbons (Fsp3) is 0.500. The molecule has 1 N–H and O–H groups in total. The van der Waals surface area contributed by atoms with Crippen LogP contribution in [0.1, 0.15) is 19.4 Å². The SMILES string of the molecule is CC(C)S(=O)(=O)CCNc1ccc(Cl)cc1C(F)(F)F. The molecule has 0 aliphatic rings. The van der Waals surface area contributed by atoms with Crippen molar-refractivity contribution >= 4 is 27.1 Å². The Morgan fingerprint density at radius 3 is 2.40 bits per heavy atom. The molecule has 0 saturated carbocycles. The van der Waals surface area contributed by atoms with E-state index in [2.05, 4.69) is 5.32 Å². The van der Waals surface area contributed by atoms with Crippen LogP contribution in [-0.4, -0.2) is 26.0 Å². The lowest BCUT2D eigenvalue weighted by Gasteiger charge is -2.15. The Labute approximate surface area is 121 Å². The second-order valence-electron chi connectivity index (χ2n) is 4.53. The van der Waals surface area contributed by atoms with Gasteiger partial charge in [0, 0.05) is 17.3 Å². The minimum absolute atomic E-state index is 0.0299. The smallest absolute Gasteiger partial charge is 0.384 e. The molecule has 114 valence electrons. The number of hydrogen-bond donors (Lipinski definition) is 1. The topological polar surface area (TPSA) is 46.2 Å². The van der Waals surface area contributed by atoms with E-state index in [1.165, 1.54) is 26.0 Å². The highest BCUT2D eigenvalue weighted by Gasteiger charge is 2.33. The molecule has 0 fully saturated rings. The number of rotatable bonds is 5. The van der Waals surface area contributed by atoms with Crippen molar-refractivity contribution in [3.8, 4) is 0 Å². The second kappa shape index (κ2) is 6.22. The van der Waals surface area contributed by atoms with Gasteiger partial charge in [0.1, 0.15) is 0 Å². The minimum Gasteiger partial charge on any atom is -0.384 e. The first-order valence-corrected chi connectivity index (χ1v) is 7.95. The molecule has 0 bridgehead atoms. The van der Waals surface area contributed by atoms with E-state index >= 15 is 0 Å². The largest absolute Gasteiger partial charge is 0.418 e. The third kappa shape index (κ3) is 4.56. The first-order chi connectivity index (χ1) is 9.04. The zero-order valence-electron chi connectivity index (χ0n) is 11.0. The maximum atomic E-state index is 12.8. The van der Waals surface area contributed by atoms with Crippen molar-refractivity contribution in [1.29, 1.82) is 0 Å². The van der Waals surface area contributed by atoms with Crippen molar-refractivity contribution in [1.82, 2.24) is 0 Å². The highest BCUT2D eigenvalue weighted by Crippen LogP contribution is 2.36. The monoisotopic (exact) mass is 329 g/mol.